The zero-order chi connectivity index (χ0) is 18.1. The van der Waals surface area contributed by atoms with E-state index >= 15 is 0 Å². The highest BCUT2D eigenvalue weighted by Gasteiger charge is 2.19. The van der Waals surface area contributed by atoms with Crippen LogP contribution in [-0.4, -0.2) is 39.6 Å². The first-order chi connectivity index (χ1) is 12.1. The average Bonchev–Trinajstić information content (AvgIpc) is 2.62. The predicted molar refractivity (Wildman–Crippen MR) is 95.4 cm³/mol. The topological polar surface area (TPSA) is 75.2 Å². The van der Waals surface area contributed by atoms with E-state index in [1.165, 1.54) is 0 Å². The van der Waals surface area contributed by atoms with Gasteiger partial charge in [0.05, 0.1) is 13.1 Å². The first-order valence-corrected chi connectivity index (χ1v) is 8.35. The lowest BCUT2D eigenvalue weighted by Gasteiger charge is -2.23. The fraction of sp³-hybridized carbons (Fsp3) is 0.368. The number of amides is 1. The fourth-order valence-electron chi connectivity index (χ4n) is 2.24. The summed E-state index contributed by atoms with van der Waals surface area (Å²) in [4.78, 5) is 34.4. The number of aromatic nitrogens is 2. The van der Waals surface area contributed by atoms with Crippen LogP contribution in [-0.2, 0) is 22.7 Å². The Morgan fingerprint density at radius 1 is 1.08 bits per heavy atom. The number of nitrogens with one attached hydrogen (secondary N) is 1. The number of ketones is 1. The predicted octanol–water partition coefficient (Wildman–Crippen LogP) is 1.82. The Balaban J connectivity index is 1.95. The molecule has 0 fully saturated rings. The number of rotatable bonds is 9. The number of Topliss-reactive ketones (excluding diaryl/α,β-unsaturated/α-hetero) is 1. The number of carbonyl (C=O) groups excluding carboxylic acids is 2. The minimum absolute atomic E-state index is 0.0458. The molecule has 0 unspecified atom stereocenters. The summed E-state index contributed by atoms with van der Waals surface area (Å²) in [6, 6.07) is 7.52. The fourth-order valence-corrected chi connectivity index (χ4v) is 2.24. The van der Waals surface area contributed by atoms with Crippen molar-refractivity contribution in [3.8, 4) is 0 Å². The molecule has 2 aromatic rings. The molecular weight excluding hydrogens is 316 g/mol. The lowest BCUT2D eigenvalue weighted by molar-refractivity contribution is -0.136. The van der Waals surface area contributed by atoms with E-state index in [9.17, 15) is 9.59 Å². The normalized spacial score (nSPS) is 10.7. The summed E-state index contributed by atoms with van der Waals surface area (Å²) >= 11 is 0. The van der Waals surface area contributed by atoms with Crippen molar-refractivity contribution in [3.05, 3.63) is 60.2 Å². The van der Waals surface area contributed by atoms with E-state index < -0.39 is 0 Å². The summed E-state index contributed by atoms with van der Waals surface area (Å²) in [6.07, 6.45) is 6.86. The van der Waals surface area contributed by atoms with E-state index in [0.717, 1.165) is 11.1 Å². The van der Waals surface area contributed by atoms with Gasteiger partial charge in [0.1, 0.15) is 0 Å². The van der Waals surface area contributed by atoms with Crippen molar-refractivity contribution in [1.82, 2.24) is 20.2 Å². The van der Waals surface area contributed by atoms with Gasteiger partial charge in [0.15, 0.2) is 5.78 Å². The minimum Gasteiger partial charge on any atom is -0.330 e. The second-order valence-electron chi connectivity index (χ2n) is 6.20. The molecule has 6 nitrogen and oxygen atoms in total. The van der Waals surface area contributed by atoms with E-state index in [0.29, 0.717) is 13.1 Å². The first-order valence-electron chi connectivity index (χ1n) is 8.35. The largest absolute Gasteiger partial charge is 0.330 e. The standard InChI is InChI=1S/C19H24N4O2/c1-15(2)18(24)14-23(13-17-6-4-8-21-11-17)19(25)12-22-10-16-5-3-7-20-9-16/h3-9,11,15,22H,10,12-14H2,1-2H3. The smallest absolute Gasteiger partial charge is 0.237 e. The molecule has 0 aliphatic rings. The van der Waals surface area contributed by atoms with Crippen LogP contribution in [0.4, 0.5) is 0 Å². The summed E-state index contributed by atoms with van der Waals surface area (Å²) < 4.78 is 0. The van der Waals surface area contributed by atoms with E-state index in [1.807, 2.05) is 38.1 Å². The molecule has 6 heteroatoms. The molecule has 0 aliphatic carbocycles. The number of hydrogen-bond acceptors (Lipinski definition) is 5. The molecule has 2 aromatic heterocycles. The van der Waals surface area contributed by atoms with Gasteiger partial charge in [-0.15, -0.1) is 0 Å². The third-order valence-electron chi connectivity index (χ3n) is 3.77. The Labute approximate surface area is 148 Å². The number of hydrogen-bond donors (Lipinski definition) is 1. The molecule has 0 spiro atoms. The molecule has 1 amide bonds. The van der Waals surface area contributed by atoms with Crippen molar-refractivity contribution in [3.63, 3.8) is 0 Å². The van der Waals surface area contributed by atoms with Gasteiger partial charge in [-0.2, -0.15) is 0 Å². The van der Waals surface area contributed by atoms with Crippen LogP contribution in [0, 0.1) is 5.92 Å². The van der Waals surface area contributed by atoms with E-state index in [4.69, 9.17) is 0 Å². The summed E-state index contributed by atoms with van der Waals surface area (Å²) in [6.45, 7) is 4.89. The molecule has 132 valence electrons. The van der Waals surface area contributed by atoms with Gasteiger partial charge >= 0.3 is 0 Å². The van der Waals surface area contributed by atoms with Gasteiger partial charge < -0.3 is 10.2 Å². The van der Waals surface area contributed by atoms with E-state index in [2.05, 4.69) is 15.3 Å². The zero-order valence-electron chi connectivity index (χ0n) is 14.7. The molecule has 0 saturated heterocycles. The van der Waals surface area contributed by atoms with Gasteiger partial charge in [-0.05, 0) is 23.3 Å². The highest BCUT2D eigenvalue weighted by Crippen LogP contribution is 2.06. The summed E-state index contributed by atoms with van der Waals surface area (Å²) in [5.74, 6) is -0.168. The summed E-state index contributed by atoms with van der Waals surface area (Å²) in [5, 5.41) is 3.11. The first kappa shape index (κ1) is 18.7. The van der Waals surface area contributed by atoms with Crippen molar-refractivity contribution in [2.24, 2.45) is 5.92 Å². The molecule has 0 radical (unpaired) electrons. The van der Waals surface area contributed by atoms with Crippen molar-refractivity contribution in [2.75, 3.05) is 13.1 Å². The van der Waals surface area contributed by atoms with Crippen LogP contribution in [0.2, 0.25) is 0 Å². The van der Waals surface area contributed by atoms with Crippen molar-refractivity contribution < 1.29 is 9.59 Å². The van der Waals surface area contributed by atoms with Crippen molar-refractivity contribution in [1.29, 1.82) is 0 Å². The Hall–Kier alpha value is -2.60. The highest BCUT2D eigenvalue weighted by atomic mass is 16.2. The minimum atomic E-state index is -0.109. The quantitative estimate of drug-likeness (QED) is 0.754. The van der Waals surface area contributed by atoms with Gasteiger partial charge in [-0.3, -0.25) is 19.6 Å². The molecule has 0 saturated carbocycles. The Bertz CT molecular complexity index is 674. The maximum atomic E-state index is 12.6. The average molecular weight is 340 g/mol. The van der Waals surface area contributed by atoms with E-state index in [-0.39, 0.29) is 30.7 Å². The Morgan fingerprint density at radius 3 is 2.28 bits per heavy atom. The third-order valence-corrected chi connectivity index (χ3v) is 3.77. The third kappa shape index (κ3) is 6.43. The number of carbonyl (C=O) groups is 2. The van der Waals surface area contributed by atoms with Crippen LogP contribution >= 0.6 is 0 Å². The summed E-state index contributed by atoms with van der Waals surface area (Å²) in [7, 11) is 0. The van der Waals surface area contributed by atoms with Crippen LogP contribution in [0.15, 0.2) is 49.1 Å². The van der Waals surface area contributed by atoms with Gasteiger partial charge in [0.2, 0.25) is 5.91 Å². The molecule has 0 bridgehead atoms. The van der Waals surface area contributed by atoms with Crippen molar-refractivity contribution in [2.45, 2.75) is 26.9 Å². The van der Waals surface area contributed by atoms with Crippen LogP contribution in [0.3, 0.4) is 0 Å². The Morgan fingerprint density at radius 2 is 1.72 bits per heavy atom. The van der Waals surface area contributed by atoms with Crippen molar-refractivity contribution >= 4 is 11.7 Å². The van der Waals surface area contributed by atoms with Gasteiger partial charge in [-0.1, -0.05) is 26.0 Å². The van der Waals surface area contributed by atoms with Gasteiger partial charge in [0, 0.05) is 43.8 Å². The number of nitrogens with zero attached hydrogens (tertiary/aromatic N) is 3. The van der Waals surface area contributed by atoms with Gasteiger partial charge in [0.25, 0.3) is 0 Å². The highest BCUT2D eigenvalue weighted by molar-refractivity contribution is 5.87. The second-order valence-corrected chi connectivity index (χ2v) is 6.20. The van der Waals surface area contributed by atoms with Crippen LogP contribution in [0.1, 0.15) is 25.0 Å². The van der Waals surface area contributed by atoms with Gasteiger partial charge in [-0.25, -0.2) is 0 Å². The summed E-state index contributed by atoms with van der Waals surface area (Å²) in [5.41, 5.74) is 1.91. The molecule has 0 aliphatic heterocycles. The SMILES string of the molecule is CC(C)C(=O)CN(Cc1cccnc1)C(=O)CNCc1cccnc1. The molecule has 0 aromatic carbocycles. The van der Waals surface area contributed by atoms with E-state index in [1.54, 1.807) is 29.7 Å². The van der Waals surface area contributed by atoms with Crippen LogP contribution < -0.4 is 5.32 Å². The Kier molecular flexibility index (Phi) is 7.22. The molecule has 2 heterocycles. The maximum absolute atomic E-state index is 12.6. The lowest BCUT2D eigenvalue weighted by Crippen LogP contribution is -2.41. The second kappa shape index (κ2) is 9.64. The molecule has 2 rings (SSSR count). The molecule has 25 heavy (non-hydrogen) atoms. The monoisotopic (exact) mass is 340 g/mol. The molecular formula is C19H24N4O2. The van der Waals surface area contributed by atoms with Crippen LogP contribution in [0.5, 0.6) is 0 Å². The number of pyridine rings is 2. The molecule has 1 N–H and O–H groups in total. The lowest BCUT2D eigenvalue weighted by atomic mass is 10.1. The zero-order valence-corrected chi connectivity index (χ0v) is 14.7. The van der Waals surface area contributed by atoms with Crippen LogP contribution in [0.25, 0.3) is 0 Å². The molecule has 0 atom stereocenters. The maximum Gasteiger partial charge on any atom is 0.237 e.